The Hall–Kier alpha value is -2.41. The molecule has 1 aromatic rings. The highest BCUT2D eigenvalue weighted by atomic mass is 16.6. The lowest BCUT2D eigenvalue weighted by atomic mass is 10.2. The van der Waals surface area contributed by atoms with Crippen LogP contribution in [0.4, 0.5) is 11.5 Å². The van der Waals surface area contributed by atoms with Gasteiger partial charge in [-0.2, -0.15) is 0 Å². The van der Waals surface area contributed by atoms with Gasteiger partial charge in [-0.3, -0.25) is 4.79 Å². The van der Waals surface area contributed by atoms with E-state index in [4.69, 9.17) is 4.74 Å². The molecule has 7 heteroatoms. The highest BCUT2D eigenvalue weighted by Gasteiger charge is 2.27. The summed E-state index contributed by atoms with van der Waals surface area (Å²) in [6, 6.07) is 1.28. The minimum atomic E-state index is -1.16. The third-order valence-electron chi connectivity index (χ3n) is 3.09. The van der Waals surface area contributed by atoms with E-state index in [0.717, 1.165) is 0 Å². The van der Waals surface area contributed by atoms with Crippen LogP contribution in [0.15, 0.2) is 18.3 Å². The van der Waals surface area contributed by atoms with Gasteiger partial charge in [0.05, 0.1) is 11.7 Å². The third-order valence-corrected chi connectivity index (χ3v) is 3.09. The maximum Gasteiger partial charge on any atom is 0.331 e. The van der Waals surface area contributed by atoms with Gasteiger partial charge in [0.2, 0.25) is 0 Å². The van der Waals surface area contributed by atoms with Gasteiger partial charge in [0.15, 0.2) is 11.9 Å². The highest BCUT2D eigenvalue weighted by molar-refractivity contribution is 5.98. The maximum absolute atomic E-state index is 11.7. The average Bonchev–Trinajstić information content (AvgIpc) is 2.53. The topological polar surface area (TPSA) is 101 Å². The quantitative estimate of drug-likeness (QED) is 0.565. The van der Waals surface area contributed by atoms with Gasteiger partial charge in [0.1, 0.15) is 5.60 Å². The second kappa shape index (κ2) is 6.37. The van der Waals surface area contributed by atoms with Gasteiger partial charge < -0.3 is 20.5 Å². The lowest BCUT2D eigenvalue weighted by Gasteiger charge is -2.18. The molecule has 0 saturated carbocycles. The molecular formula is C16H21N3O4. The number of rotatable bonds is 2. The van der Waals surface area contributed by atoms with E-state index < -0.39 is 29.6 Å². The number of nitrogens with one attached hydrogen (secondary N) is 2. The number of aromatic nitrogens is 1. The fraction of sp³-hybridized carbons (Fsp3) is 0.438. The second-order valence-corrected chi connectivity index (χ2v) is 6.40. The summed E-state index contributed by atoms with van der Waals surface area (Å²) in [7, 11) is 0. The summed E-state index contributed by atoms with van der Waals surface area (Å²) in [5.74, 6) is -0.612. The number of carbonyl (C=O) groups excluding carboxylic acids is 2. The second-order valence-electron chi connectivity index (χ2n) is 6.40. The molecule has 0 unspecified atom stereocenters. The molecule has 0 fully saturated rings. The molecule has 23 heavy (non-hydrogen) atoms. The molecule has 124 valence electrons. The van der Waals surface area contributed by atoms with Gasteiger partial charge in [-0.05, 0) is 45.4 Å². The highest BCUT2D eigenvalue weighted by Crippen LogP contribution is 2.25. The normalized spacial score (nSPS) is 21.2. The minimum Gasteiger partial charge on any atom is -0.457 e. The Labute approximate surface area is 134 Å². The van der Waals surface area contributed by atoms with E-state index in [-0.39, 0.29) is 0 Å². The Kier molecular flexibility index (Phi) is 4.70. The molecule has 2 atom stereocenters. The molecule has 0 saturated heterocycles. The number of carbonyl (C=O) groups is 2. The van der Waals surface area contributed by atoms with E-state index in [1.165, 1.54) is 12.3 Å². The fourth-order valence-electron chi connectivity index (χ4n) is 2.02. The average molecular weight is 319 g/mol. The molecule has 0 aliphatic carbocycles. The molecule has 2 rings (SSSR count). The van der Waals surface area contributed by atoms with E-state index in [0.29, 0.717) is 17.1 Å². The van der Waals surface area contributed by atoms with Crippen molar-refractivity contribution in [3.63, 3.8) is 0 Å². The molecule has 2 heterocycles. The van der Waals surface area contributed by atoms with Crippen LogP contribution in [0.5, 0.6) is 0 Å². The molecule has 0 aromatic carbocycles. The van der Waals surface area contributed by atoms with Crippen molar-refractivity contribution < 1.29 is 19.4 Å². The monoisotopic (exact) mass is 319 g/mol. The van der Waals surface area contributed by atoms with Crippen LogP contribution >= 0.6 is 0 Å². The lowest BCUT2D eigenvalue weighted by molar-refractivity contribution is -0.148. The molecule has 0 radical (unpaired) electrons. The zero-order valence-corrected chi connectivity index (χ0v) is 13.6. The van der Waals surface area contributed by atoms with Crippen molar-refractivity contribution in [3.8, 4) is 0 Å². The maximum atomic E-state index is 11.7. The summed E-state index contributed by atoms with van der Waals surface area (Å²) in [4.78, 5) is 27.5. The number of aliphatic hydroxyl groups is 1. The molecule has 1 aliphatic rings. The first kappa shape index (κ1) is 17.0. The molecule has 1 aromatic heterocycles. The summed E-state index contributed by atoms with van der Waals surface area (Å²) in [5, 5.41) is 15.3. The van der Waals surface area contributed by atoms with Crippen LogP contribution in [-0.2, 0) is 14.3 Å². The van der Waals surface area contributed by atoms with E-state index in [1.807, 2.05) is 0 Å². The van der Waals surface area contributed by atoms with E-state index in [1.54, 1.807) is 39.8 Å². The number of amides is 1. The summed E-state index contributed by atoms with van der Waals surface area (Å²) < 4.78 is 5.19. The van der Waals surface area contributed by atoms with Gasteiger partial charge >= 0.3 is 5.97 Å². The zero-order chi connectivity index (χ0) is 17.2. The van der Waals surface area contributed by atoms with E-state index >= 15 is 0 Å². The summed E-state index contributed by atoms with van der Waals surface area (Å²) in [6.45, 7) is 7.08. The van der Waals surface area contributed by atoms with Crippen molar-refractivity contribution in [1.29, 1.82) is 0 Å². The number of esters is 1. The number of pyridine rings is 1. The number of anilines is 2. The zero-order valence-electron chi connectivity index (χ0n) is 13.6. The summed E-state index contributed by atoms with van der Waals surface area (Å²) >= 11 is 0. The Morgan fingerprint density at radius 1 is 1.43 bits per heavy atom. The lowest BCUT2D eigenvalue weighted by Crippen LogP contribution is -2.38. The van der Waals surface area contributed by atoms with Crippen molar-refractivity contribution >= 4 is 29.5 Å². The van der Waals surface area contributed by atoms with Gasteiger partial charge in [0, 0.05) is 12.3 Å². The Bertz CT molecular complexity index is 649. The molecule has 1 aliphatic heterocycles. The molecule has 3 N–H and O–H groups in total. The minimum absolute atomic E-state index is 0.341. The van der Waals surface area contributed by atoms with Crippen LogP contribution in [0.2, 0.25) is 0 Å². The number of hydrogen-bond donors (Lipinski definition) is 3. The third kappa shape index (κ3) is 4.53. The predicted molar refractivity (Wildman–Crippen MR) is 86.8 cm³/mol. The van der Waals surface area contributed by atoms with Crippen LogP contribution in [0, 0.1) is 0 Å². The Morgan fingerprint density at radius 3 is 2.78 bits per heavy atom. The van der Waals surface area contributed by atoms with Gasteiger partial charge in [0.25, 0.3) is 5.91 Å². The summed E-state index contributed by atoms with van der Waals surface area (Å²) in [5.41, 5.74) is 0.693. The number of fused-ring (bicyclic) bond motifs is 1. The van der Waals surface area contributed by atoms with Crippen molar-refractivity contribution in [1.82, 2.24) is 4.98 Å². The smallest absolute Gasteiger partial charge is 0.331 e. The van der Waals surface area contributed by atoms with E-state index in [9.17, 15) is 14.7 Å². The van der Waals surface area contributed by atoms with E-state index in [2.05, 4.69) is 15.6 Å². The number of nitrogens with zero attached hydrogens (tertiary/aromatic N) is 1. The SMILES string of the molecule is C[C@H]1Nc2cc(/C=C/C(=O)OC(C)(C)C)cnc2NC(=O)[C@H]1O. The predicted octanol–water partition coefficient (Wildman–Crippen LogP) is 1.55. The fourth-order valence-corrected chi connectivity index (χ4v) is 2.02. The largest absolute Gasteiger partial charge is 0.457 e. The van der Waals surface area contributed by atoms with Gasteiger partial charge in [-0.15, -0.1) is 0 Å². The Balaban J connectivity index is 2.17. The number of ether oxygens (including phenoxy) is 1. The van der Waals surface area contributed by atoms with Crippen LogP contribution in [0.1, 0.15) is 33.3 Å². The first-order valence-electron chi connectivity index (χ1n) is 7.32. The van der Waals surface area contributed by atoms with Crippen LogP contribution in [0.3, 0.4) is 0 Å². The molecule has 1 amide bonds. The van der Waals surface area contributed by atoms with Gasteiger partial charge in [-0.1, -0.05) is 0 Å². The standard InChI is InChI=1S/C16H21N3O4/c1-9-13(21)15(22)19-14-11(18-9)7-10(8-17-14)5-6-12(20)23-16(2,3)4/h5-9,13,18,21H,1-4H3,(H,17,19,22)/b6-5+/t9-,13+/m1/s1. The molecular weight excluding hydrogens is 298 g/mol. The summed E-state index contributed by atoms with van der Waals surface area (Å²) in [6.07, 6.45) is 3.26. The van der Waals surface area contributed by atoms with Crippen molar-refractivity contribution in [2.24, 2.45) is 0 Å². The van der Waals surface area contributed by atoms with Gasteiger partial charge in [-0.25, -0.2) is 9.78 Å². The molecule has 0 bridgehead atoms. The molecule has 0 spiro atoms. The first-order valence-corrected chi connectivity index (χ1v) is 7.32. The first-order chi connectivity index (χ1) is 10.7. The number of hydrogen-bond acceptors (Lipinski definition) is 6. The van der Waals surface area contributed by atoms with Crippen LogP contribution in [-0.4, -0.2) is 39.7 Å². The Morgan fingerprint density at radius 2 is 2.13 bits per heavy atom. The van der Waals surface area contributed by atoms with Crippen LogP contribution < -0.4 is 10.6 Å². The van der Waals surface area contributed by atoms with Crippen molar-refractivity contribution in [2.75, 3.05) is 10.6 Å². The van der Waals surface area contributed by atoms with Crippen LogP contribution in [0.25, 0.3) is 6.08 Å². The van der Waals surface area contributed by atoms with Crippen molar-refractivity contribution in [2.45, 2.75) is 45.4 Å². The number of aliphatic hydroxyl groups excluding tert-OH is 1. The van der Waals surface area contributed by atoms with Crippen molar-refractivity contribution in [3.05, 3.63) is 23.9 Å². The molecule has 7 nitrogen and oxygen atoms in total.